The number of aromatic amines is 1. The number of amides is 1. The molecule has 1 aromatic heterocycles. The summed E-state index contributed by atoms with van der Waals surface area (Å²) in [4.78, 5) is 22.3. The van der Waals surface area contributed by atoms with Gasteiger partial charge in [0.05, 0.1) is 6.61 Å². The summed E-state index contributed by atoms with van der Waals surface area (Å²) in [6, 6.07) is 0. The lowest BCUT2D eigenvalue weighted by atomic mass is 10.2. The number of hydrogen-bond acceptors (Lipinski definition) is 5. The lowest BCUT2D eigenvalue weighted by Crippen LogP contribution is -2.27. The Kier molecular flexibility index (Phi) is 3.87. The minimum absolute atomic E-state index is 0.242. The van der Waals surface area contributed by atoms with Crippen molar-refractivity contribution in [1.29, 1.82) is 0 Å². The van der Waals surface area contributed by atoms with E-state index in [1.165, 1.54) is 6.92 Å². The predicted molar refractivity (Wildman–Crippen MR) is 56.7 cm³/mol. The maximum absolute atomic E-state index is 11.6. The summed E-state index contributed by atoms with van der Waals surface area (Å²) in [5.41, 5.74) is 5.73. The Hall–Kier alpha value is -2.05. The van der Waals surface area contributed by atoms with E-state index in [1.807, 2.05) is 0 Å². The van der Waals surface area contributed by atoms with Crippen LogP contribution < -0.4 is 10.9 Å². The molecule has 0 spiro atoms. The van der Waals surface area contributed by atoms with E-state index >= 15 is 0 Å². The summed E-state index contributed by atoms with van der Waals surface area (Å²) in [5.74, 6) is -0.525. The largest absolute Gasteiger partial charge is 0.462 e. The van der Waals surface area contributed by atoms with Crippen LogP contribution in [0.4, 0.5) is 5.82 Å². The first-order valence-electron chi connectivity index (χ1n) is 4.81. The van der Waals surface area contributed by atoms with Gasteiger partial charge in [0.1, 0.15) is 5.56 Å². The van der Waals surface area contributed by atoms with Crippen molar-refractivity contribution < 1.29 is 14.3 Å². The number of hydrazine groups is 1. The van der Waals surface area contributed by atoms with E-state index < -0.39 is 5.97 Å². The van der Waals surface area contributed by atoms with E-state index in [9.17, 15) is 9.59 Å². The lowest BCUT2D eigenvalue weighted by molar-refractivity contribution is -0.118. The number of aryl methyl sites for hydroxylation is 1. The summed E-state index contributed by atoms with van der Waals surface area (Å²) in [6.45, 7) is 5.03. The molecule has 0 bridgehead atoms. The molecule has 88 valence electrons. The van der Waals surface area contributed by atoms with Gasteiger partial charge in [0, 0.05) is 12.6 Å². The lowest BCUT2D eigenvalue weighted by Gasteiger charge is -2.06. The van der Waals surface area contributed by atoms with Crippen LogP contribution in [0.2, 0.25) is 0 Å². The molecule has 0 aliphatic rings. The quantitative estimate of drug-likeness (QED) is 0.508. The zero-order chi connectivity index (χ0) is 12.1. The summed E-state index contributed by atoms with van der Waals surface area (Å²) in [6.07, 6.45) is 0. The standard InChI is InChI=1S/C9H14N4O3/c1-4-16-9(15)7-5(2)10-12-8(7)13-11-6(3)14/h4H2,1-3H3,(H,11,14)(H2,10,12,13). The highest BCUT2D eigenvalue weighted by molar-refractivity contribution is 5.96. The number of hydrogen-bond donors (Lipinski definition) is 3. The van der Waals surface area contributed by atoms with Crippen molar-refractivity contribution in [1.82, 2.24) is 15.6 Å². The number of anilines is 1. The first kappa shape index (κ1) is 12.0. The second kappa shape index (κ2) is 5.15. The maximum Gasteiger partial charge on any atom is 0.343 e. The average Bonchev–Trinajstić information content (AvgIpc) is 2.57. The van der Waals surface area contributed by atoms with Crippen molar-refractivity contribution in [2.75, 3.05) is 12.0 Å². The Balaban J connectivity index is 2.85. The van der Waals surface area contributed by atoms with E-state index in [0.717, 1.165) is 0 Å². The van der Waals surface area contributed by atoms with Crippen LogP contribution in [0.15, 0.2) is 0 Å². The zero-order valence-corrected chi connectivity index (χ0v) is 9.38. The molecule has 7 heteroatoms. The molecule has 1 rings (SSSR count). The second-order valence-electron chi connectivity index (χ2n) is 3.10. The van der Waals surface area contributed by atoms with Gasteiger partial charge in [0.2, 0.25) is 5.91 Å². The number of rotatable bonds is 4. The van der Waals surface area contributed by atoms with Gasteiger partial charge in [-0.1, -0.05) is 0 Å². The average molecular weight is 226 g/mol. The summed E-state index contributed by atoms with van der Waals surface area (Å²) < 4.78 is 4.86. The van der Waals surface area contributed by atoms with Gasteiger partial charge < -0.3 is 4.74 Å². The van der Waals surface area contributed by atoms with Gasteiger partial charge in [0.15, 0.2) is 5.82 Å². The van der Waals surface area contributed by atoms with Crippen LogP contribution in [0.5, 0.6) is 0 Å². The molecule has 0 aliphatic heterocycles. The Morgan fingerprint density at radius 2 is 2.19 bits per heavy atom. The minimum atomic E-state index is -0.485. The van der Waals surface area contributed by atoms with E-state index in [1.54, 1.807) is 13.8 Å². The smallest absolute Gasteiger partial charge is 0.343 e. The van der Waals surface area contributed by atoms with Crippen LogP contribution in [0.1, 0.15) is 29.9 Å². The summed E-state index contributed by atoms with van der Waals surface area (Å²) in [5, 5.41) is 6.47. The van der Waals surface area contributed by atoms with Crippen LogP contribution >= 0.6 is 0 Å². The molecule has 0 aromatic carbocycles. The van der Waals surface area contributed by atoms with Gasteiger partial charge in [-0.25, -0.2) is 4.79 Å². The van der Waals surface area contributed by atoms with Crippen molar-refractivity contribution in [3.8, 4) is 0 Å². The van der Waals surface area contributed by atoms with Crippen LogP contribution in [0.25, 0.3) is 0 Å². The molecule has 0 fully saturated rings. The molecule has 0 saturated carbocycles. The third-order valence-electron chi connectivity index (χ3n) is 1.78. The molecule has 0 aliphatic carbocycles. The summed E-state index contributed by atoms with van der Waals surface area (Å²) in [7, 11) is 0. The van der Waals surface area contributed by atoms with Crippen LogP contribution in [0, 0.1) is 6.92 Å². The maximum atomic E-state index is 11.6. The van der Waals surface area contributed by atoms with Gasteiger partial charge in [0.25, 0.3) is 0 Å². The predicted octanol–water partition coefficient (Wildman–Crippen LogP) is 0.358. The Morgan fingerprint density at radius 3 is 2.75 bits per heavy atom. The number of carbonyl (C=O) groups excluding carboxylic acids is 2. The monoisotopic (exact) mass is 226 g/mol. The molecule has 1 heterocycles. The van der Waals surface area contributed by atoms with Crippen molar-refractivity contribution >= 4 is 17.7 Å². The van der Waals surface area contributed by atoms with Crippen molar-refractivity contribution in [3.63, 3.8) is 0 Å². The van der Waals surface area contributed by atoms with E-state index in [0.29, 0.717) is 5.69 Å². The molecule has 16 heavy (non-hydrogen) atoms. The number of esters is 1. The number of H-pyrrole nitrogens is 1. The normalized spacial score (nSPS) is 9.69. The third-order valence-corrected chi connectivity index (χ3v) is 1.78. The summed E-state index contributed by atoms with van der Waals surface area (Å²) >= 11 is 0. The molecule has 1 aromatic rings. The molecule has 0 atom stereocenters. The molecule has 0 unspecified atom stereocenters. The molecule has 1 amide bonds. The fourth-order valence-electron chi connectivity index (χ4n) is 1.12. The molecule has 3 N–H and O–H groups in total. The van der Waals surface area contributed by atoms with Crippen molar-refractivity contribution in [3.05, 3.63) is 11.3 Å². The Morgan fingerprint density at radius 1 is 1.50 bits per heavy atom. The number of nitrogens with zero attached hydrogens (tertiary/aromatic N) is 1. The molecular formula is C9H14N4O3. The van der Waals surface area contributed by atoms with E-state index in [2.05, 4.69) is 21.0 Å². The van der Waals surface area contributed by atoms with Gasteiger partial charge >= 0.3 is 5.97 Å². The van der Waals surface area contributed by atoms with Gasteiger partial charge in [-0.2, -0.15) is 5.10 Å². The number of aromatic nitrogens is 2. The number of nitrogens with one attached hydrogen (secondary N) is 3. The molecule has 7 nitrogen and oxygen atoms in total. The fourth-order valence-corrected chi connectivity index (χ4v) is 1.12. The van der Waals surface area contributed by atoms with Crippen LogP contribution in [0.3, 0.4) is 0 Å². The Bertz CT molecular complexity index is 399. The molecule has 0 radical (unpaired) electrons. The molecular weight excluding hydrogens is 212 g/mol. The first-order chi connectivity index (χ1) is 7.56. The number of carbonyl (C=O) groups is 2. The van der Waals surface area contributed by atoms with Crippen molar-refractivity contribution in [2.45, 2.75) is 20.8 Å². The van der Waals surface area contributed by atoms with Gasteiger partial charge in [-0.3, -0.25) is 20.7 Å². The van der Waals surface area contributed by atoms with Crippen molar-refractivity contribution in [2.24, 2.45) is 0 Å². The fraction of sp³-hybridized carbons (Fsp3) is 0.444. The first-order valence-corrected chi connectivity index (χ1v) is 4.81. The van der Waals surface area contributed by atoms with E-state index in [-0.39, 0.29) is 23.9 Å². The van der Waals surface area contributed by atoms with Crippen LogP contribution in [-0.4, -0.2) is 28.7 Å². The van der Waals surface area contributed by atoms with Gasteiger partial charge in [-0.15, -0.1) is 0 Å². The number of ether oxygens (including phenoxy) is 1. The Labute approximate surface area is 92.5 Å². The minimum Gasteiger partial charge on any atom is -0.462 e. The zero-order valence-electron chi connectivity index (χ0n) is 9.38. The molecule has 0 saturated heterocycles. The highest BCUT2D eigenvalue weighted by Gasteiger charge is 2.19. The van der Waals surface area contributed by atoms with E-state index in [4.69, 9.17) is 4.74 Å². The topological polar surface area (TPSA) is 96.1 Å². The third kappa shape index (κ3) is 2.72. The SMILES string of the molecule is CCOC(=O)c1c(NNC(C)=O)n[nH]c1C. The highest BCUT2D eigenvalue weighted by atomic mass is 16.5. The van der Waals surface area contributed by atoms with Gasteiger partial charge in [-0.05, 0) is 13.8 Å². The highest BCUT2D eigenvalue weighted by Crippen LogP contribution is 2.16. The van der Waals surface area contributed by atoms with Crippen LogP contribution in [-0.2, 0) is 9.53 Å². The second-order valence-corrected chi connectivity index (χ2v) is 3.10.